The van der Waals surface area contributed by atoms with E-state index in [-0.39, 0.29) is 12.5 Å². The van der Waals surface area contributed by atoms with Crippen LogP contribution in [-0.2, 0) is 4.79 Å². The molecule has 0 spiro atoms. The third-order valence-electron chi connectivity index (χ3n) is 3.02. The first-order valence-electron chi connectivity index (χ1n) is 6.51. The number of hydrogen-bond acceptors (Lipinski definition) is 2. The minimum atomic E-state index is -0.296. The largest absolute Gasteiger partial charge is 0.482 e. The lowest BCUT2D eigenvalue weighted by atomic mass is 10.2. The van der Waals surface area contributed by atoms with Crippen LogP contribution in [0.3, 0.4) is 0 Å². The van der Waals surface area contributed by atoms with E-state index in [0.29, 0.717) is 26.5 Å². The van der Waals surface area contributed by atoms with Gasteiger partial charge in [-0.05, 0) is 49.2 Å². The molecule has 0 radical (unpaired) electrons. The number of ether oxygens (including phenoxy) is 1. The van der Waals surface area contributed by atoms with Crippen LogP contribution in [0.5, 0.6) is 5.75 Å². The summed E-state index contributed by atoms with van der Waals surface area (Å²) in [6.45, 7) is 3.53. The Morgan fingerprint density at radius 2 is 1.77 bits per heavy atom. The van der Waals surface area contributed by atoms with Gasteiger partial charge < -0.3 is 10.1 Å². The number of carbonyl (C=O) groups is 1. The fraction of sp³-hybridized carbons (Fsp3) is 0.188. The Kier molecular flexibility index (Phi) is 5.57. The highest BCUT2D eigenvalue weighted by Gasteiger charge is 2.11. The molecule has 0 unspecified atom stereocenters. The van der Waals surface area contributed by atoms with Crippen molar-refractivity contribution in [3.63, 3.8) is 0 Å². The summed E-state index contributed by atoms with van der Waals surface area (Å²) in [6.07, 6.45) is 0. The average Bonchev–Trinajstić information content (AvgIpc) is 2.41. The number of benzene rings is 2. The Morgan fingerprint density at radius 3 is 2.45 bits per heavy atom. The van der Waals surface area contributed by atoms with Crippen molar-refractivity contribution < 1.29 is 9.53 Å². The summed E-state index contributed by atoms with van der Waals surface area (Å²) >= 11 is 17.9. The van der Waals surface area contributed by atoms with Gasteiger partial charge in [0, 0.05) is 15.7 Å². The Bertz CT molecular complexity index is 694. The number of hydrogen-bond donors (Lipinski definition) is 1. The second kappa shape index (κ2) is 7.23. The second-order valence-corrected chi connectivity index (χ2v) is 6.11. The van der Waals surface area contributed by atoms with Crippen LogP contribution in [0.1, 0.15) is 11.1 Å². The molecule has 6 heteroatoms. The summed E-state index contributed by atoms with van der Waals surface area (Å²) < 4.78 is 5.49. The molecule has 3 nitrogen and oxygen atoms in total. The summed E-state index contributed by atoms with van der Waals surface area (Å²) in [7, 11) is 0. The van der Waals surface area contributed by atoms with Crippen LogP contribution in [-0.4, -0.2) is 12.5 Å². The molecule has 2 aromatic carbocycles. The van der Waals surface area contributed by atoms with E-state index < -0.39 is 0 Å². The molecule has 1 N–H and O–H groups in total. The van der Waals surface area contributed by atoms with Crippen molar-refractivity contribution in [2.24, 2.45) is 0 Å². The summed E-state index contributed by atoms with van der Waals surface area (Å²) in [4.78, 5) is 12.0. The van der Waals surface area contributed by atoms with Gasteiger partial charge in [0.2, 0.25) is 0 Å². The van der Waals surface area contributed by atoms with Crippen LogP contribution in [0.25, 0.3) is 0 Å². The first-order valence-corrected chi connectivity index (χ1v) is 7.64. The maximum absolute atomic E-state index is 12.0. The number of carbonyl (C=O) groups excluding carboxylic acids is 1. The molecule has 22 heavy (non-hydrogen) atoms. The normalized spacial score (nSPS) is 10.4. The van der Waals surface area contributed by atoms with E-state index in [9.17, 15) is 4.79 Å². The molecule has 0 saturated carbocycles. The molecule has 1 amide bonds. The number of halogens is 3. The Labute approximate surface area is 144 Å². The number of nitrogens with one attached hydrogen (secondary N) is 1. The van der Waals surface area contributed by atoms with Crippen molar-refractivity contribution in [3.8, 4) is 5.75 Å². The van der Waals surface area contributed by atoms with Crippen LogP contribution >= 0.6 is 34.8 Å². The molecule has 2 rings (SSSR count). The summed E-state index contributed by atoms with van der Waals surface area (Å²) in [5.74, 6) is 0.153. The van der Waals surface area contributed by atoms with Gasteiger partial charge in [0.15, 0.2) is 6.61 Å². The highest BCUT2D eigenvalue weighted by atomic mass is 35.5. The van der Waals surface area contributed by atoms with E-state index in [2.05, 4.69) is 5.32 Å². The number of aryl methyl sites for hydroxylation is 2. The van der Waals surface area contributed by atoms with Gasteiger partial charge in [-0.1, -0.05) is 40.9 Å². The number of rotatable bonds is 4. The van der Waals surface area contributed by atoms with Crippen molar-refractivity contribution in [1.82, 2.24) is 0 Å². The van der Waals surface area contributed by atoms with Gasteiger partial charge >= 0.3 is 0 Å². The minimum Gasteiger partial charge on any atom is -0.482 e. The van der Waals surface area contributed by atoms with Crippen molar-refractivity contribution in [2.75, 3.05) is 11.9 Å². The Balaban J connectivity index is 2.03. The molecule has 0 aliphatic rings. The van der Waals surface area contributed by atoms with Crippen LogP contribution in [0.4, 0.5) is 5.69 Å². The zero-order valence-electron chi connectivity index (χ0n) is 12.0. The van der Waals surface area contributed by atoms with Crippen molar-refractivity contribution >= 4 is 46.4 Å². The monoisotopic (exact) mass is 357 g/mol. The number of anilines is 1. The van der Waals surface area contributed by atoms with Crippen molar-refractivity contribution in [2.45, 2.75) is 13.8 Å². The smallest absolute Gasteiger partial charge is 0.262 e. The Hall–Kier alpha value is -1.42. The van der Waals surface area contributed by atoms with Crippen molar-refractivity contribution in [1.29, 1.82) is 0 Å². The van der Waals surface area contributed by atoms with Gasteiger partial charge in [-0.2, -0.15) is 0 Å². The molecular weight excluding hydrogens is 345 g/mol. The van der Waals surface area contributed by atoms with Gasteiger partial charge in [0.05, 0.1) is 5.02 Å². The first kappa shape index (κ1) is 16.9. The summed E-state index contributed by atoms with van der Waals surface area (Å²) in [6, 6.07) is 8.58. The maximum Gasteiger partial charge on any atom is 0.262 e. The highest BCUT2D eigenvalue weighted by Crippen LogP contribution is 2.31. The van der Waals surface area contributed by atoms with Crippen LogP contribution < -0.4 is 10.1 Å². The van der Waals surface area contributed by atoms with Gasteiger partial charge in [-0.25, -0.2) is 0 Å². The van der Waals surface area contributed by atoms with E-state index in [1.54, 1.807) is 24.3 Å². The third kappa shape index (κ3) is 4.29. The lowest BCUT2D eigenvalue weighted by Gasteiger charge is -2.12. The van der Waals surface area contributed by atoms with E-state index in [1.165, 1.54) is 0 Å². The summed E-state index contributed by atoms with van der Waals surface area (Å²) in [5.41, 5.74) is 2.34. The van der Waals surface area contributed by atoms with Gasteiger partial charge in [0.1, 0.15) is 5.75 Å². The van der Waals surface area contributed by atoms with E-state index in [4.69, 9.17) is 39.5 Å². The molecule has 0 aliphatic heterocycles. The van der Waals surface area contributed by atoms with Gasteiger partial charge in [0.25, 0.3) is 5.91 Å². The third-order valence-corrected chi connectivity index (χ3v) is 3.75. The fourth-order valence-corrected chi connectivity index (χ4v) is 2.75. The van der Waals surface area contributed by atoms with Crippen LogP contribution in [0, 0.1) is 13.8 Å². The predicted octanol–water partition coefficient (Wildman–Crippen LogP) is 5.28. The molecule has 0 fully saturated rings. The molecule has 116 valence electrons. The zero-order chi connectivity index (χ0) is 16.3. The van der Waals surface area contributed by atoms with Crippen LogP contribution in [0.15, 0.2) is 30.3 Å². The molecule has 0 aromatic heterocycles. The Morgan fingerprint density at radius 1 is 1.05 bits per heavy atom. The zero-order valence-corrected chi connectivity index (χ0v) is 14.3. The average molecular weight is 359 g/mol. The second-order valence-electron chi connectivity index (χ2n) is 4.83. The quantitative estimate of drug-likeness (QED) is 0.807. The molecule has 2 aromatic rings. The summed E-state index contributed by atoms with van der Waals surface area (Å²) in [5, 5.41) is 4.20. The molecule has 0 bridgehead atoms. The molecule has 0 atom stereocenters. The van der Waals surface area contributed by atoms with E-state index in [1.807, 2.05) is 19.9 Å². The maximum atomic E-state index is 12.0. The van der Waals surface area contributed by atoms with Gasteiger partial charge in [-0.3, -0.25) is 4.79 Å². The van der Waals surface area contributed by atoms with Crippen molar-refractivity contribution in [3.05, 3.63) is 56.5 Å². The minimum absolute atomic E-state index is 0.159. The van der Waals surface area contributed by atoms with Crippen LogP contribution in [0.2, 0.25) is 15.1 Å². The standard InChI is InChI=1S/C16H14Cl3NO2/c1-9-3-4-11(17)7-14(9)20-15(21)8-22-16-10(2)5-12(18)6-13(16)19/h3-7H,8H2,1-2H3,(H,20,21). The molecule has 0 heterocycles. The first-order chi connectivity index (χ1) is 10.4. The molecular formula is C16H14Cl3NO2. The molecule has 0 saturated heterocycles. The predicted molar refractivity (Wildman–Crippen MR) is 91.5 cm³/mol. The highest BCUT2D eigenvalue weighted by molar-refractivity contribution is 6.35. The lowest BCUT2D eigenvalue weighted by molar-refractivity contribution is -0.118. The lowest BCUT2D eigenvalue weighted by Crippen LogP contribution is -2.21. The fourth-order valence-electron chi connectivity index (χ4n) is 1.92. The van der Waals surface area contributed by atoms with E-state index >= 15 is 0 Å². The van der Waals surface area contributed by atoms with E-state index in [0.717, 1.165) is 11.1 Å². The topological polar surface area (TPSA) is 38.3 Å². The SMILES string of the molecule is Cc1ccc(Cl)cc1NC(=O)COc1c(C)cc(Cl)cc1Cl. The van der Waals surface area contributed by atoms with Gasteiger partial charge in [-0.15, -0.1) is 0 Å². The molecule has 0 aliphatic carbocycles. The number of amides is 1.